The highest BCUT2D eigenvalue weighted by atomic mass is 16.3. The summed E-state index contributed by atoms with van der Waals surface area (Å²) >= 11 is 0. The average Bonchev–Trinajstić information content (AvgIpc) is 2.02. The van der Waals surface area contributed by atoms with Crippen molar-refractivity contribution in [1.82, 2.24) is 0 Å². The Kier molecular flexibility index (Phi) is 2.19. The summed E-state index contributed by atoms with van der Waals surface area (Å²) < 4.78 is 0. The Bertz CT molecular complexity index is 312. The second-order valence-corrected chi connectivity index (χ2v) is 2.34. The number of aliphatic hydroxyl groups is 1. The molecule has 1 aliphatic carbocycles. The van der Waals surface area contributed by atoms with Gasteiger partial charge in [-0.25, -0.2) is 0 Å². The van der Waals surface area contributed by atoms with E-state index in [1.807, 2.05) is 0 Å². The van der Waals surface area contributed by atoms with E-state index >= 15 is 0 Å². The number of ketones is 1. The maximum absolute atomic E-state index is 10.5. The molecule has 1 N–H and O–H groups in total. The first-order valence-electron chi connectivity index (χ1n) is 3.32. The van der Waals surface area contributed by atoms with Crippen LogP contribution in [0.4, 0.5) is 0 Å². The molecular weight excluding hydrogens is 158 g/mol. The van der Waals surface area contributed by atoms with Crippen molar-refractivity contribution in [2.24, 2.45) is 5.18 Å². The van der Waals surface area contributed by atoms with Gasteiger partial charge in [-0.15, -0.1) is 4.91 Å². The van der Waals surface area contributed by atoms with E-state index in [9.17, 15) is 9.70 Å². The largest absolute Gasteiger partial charge is 0.506 e. The molecule has 1 rings (SSSR count). The smallest absolute Gasteiger partial charge is 0.160 e. The van der Waals surface area contributed by atoms with Gasteiger partial charge in [0, 0.05) is 6.42 Å². The van der Waals surface area contributed by atoms with Crippen LogP contribution in [0.15, 0.2) is 40.9 Å². The summed E-state index contributed by atoms with van der Waals surface area (Å²) in [5.74, 6) is -0.355. The van der Waals surface area contributed by atoms with E-state index in [1.54, 1.807) is 0 Å². The van der Waals surface area contributed by atoms with E-state index in [4.69, 9.17) is 5.11 Å². The predicted octanol–water partition coefficient (Wildman–Crippen LogP) is 1.61. The van der Waals surface area contributed by atoms with Crippen molar-refractivity contribution in [3.63, 3.8) is 0 Å². The van der Waals surface area contributed by atoms with Crippen molar-refractivity contribution in [3.8, 4) is 0 Å². The molecule has 4 nitrogen and oxygen atoms in total. The molecule has 1 aliphatic rings. The summed E-state index contributed by atoms with van der Waals surface area (Å²) in [5, 5.41) is 11.7. The van der Waals surface area contributed by atoms with Crippen LogP contribution in [0, 0.1) is 4.91 Å². The molecule has 0 saturated heterocycles. The highest BCUT2D eigenvalue weighted by molar-refractivity contribution is 6.00. The lowest BCUT2D eigenvalue weighted by Crippen LogP contribution is -2.10. The third-order valence-corrected chi connectivity index (χ3v) is 1.53. The first-order chi connectivity index (χ1) is 5.69. The lowest BCUT2D eigenvalue weighted by atomic mass is 9.94. The van der Waals surface area contributed by atoms with Gasteiger partial charge in [-0.2, -0.15) is 0 Å². The minimum atomic E-state index is -0.288. The van der Waals surface area contributed by atoms with Gasteiger partial charge in [0.25, 0.3) is 0 Å². The topological polar surface area (TPSA) is 66.7 Å². The Labute approximate surface area is 68.9 Å². The standard InChI is InChI=1S/C8H7NO3/c1-2-7(11)8(9-12)5-3-6(10)4-5/h2-3,11H,1,4H2. The first kappa shape index (κ1) is 8.39. The third kappa shape index (κ3) is 1.32. The molecule has 0 aliphatic heterocycles. The summed E-state index contributed by atoms with van der Waals surface area (Å²) in [4.78, 5) is 20.7. The zero-order chi connectivity index (χ0) is 9.14. The number of nitrogens with zero attached hydrogens (tertiary/aromatic N) is 1. The van der Waals surface area contributed by atoms with Gasteiger partial charge >= 0.3 is 0 Å². The van der Waals surface area contributed by atoms with Crippen LogP contribution in [0.3, 0.4) is 0 Å². The normalized spacial score (nSPS) is 17.3. The van der Waals surface area contributed by atoms with Crippen LogP contribution in [-0.2, 0) is 4.79 Å². The number of hydrogen-bond acceptors (Lipinski definition) is 4. The molecule has 0 saturated carbocycles. The minimum Gasteiger partial charge on any atom is -0.506 e. The molecule has 0 spiro atoms. The van der Waals surface area contributed by atoms with Gasteiger partial charge in [-0.05, 0) is 22.9 Å². The van der Waals surface area contributed by atoms with Gasteiger partial charge in [0.05, 0.1) is 0 Å². The van der Waals surface area contributed by atoms with E-state index in [-0.39, 0.29) is 23.7 Å². The molecule has 0 unspecified atom stereocenters. The number of rotatable bonds is 3. The Balaban J connectivity index is 2.99. The summed E-state index contributed by atoms with van der Waals surface area (Å²) in [5.41, 5.74) is 0.372. The van der Waals surface area contributed by atoms with Gasteiger partial charge in [0.2, 0.25) is 0 Å². The van der Waals surface area contributed by atoms with Gasteiger partial charge in [0.1, 0.15) is 5.76 Å². The number of carbonyl (C=O) groups is 1. The molecule has 0 fully saturated rings. The van der Waals surface area contributed by atoms with E-state index in [2.05, 4.69) is 11.8 Å². The fraction of sp³-hybridized carbons (Fsp3) is 0.125. The van der Waals surface area contributed by atoms with Crippen molar-refractivity contribution in [1.29, 1.82) is 0 Å². The first-order valence-corrected chi connectivity index (χ1v) is 3.32. The van der Waals surface area contributed by atoms with E-state index in [1.165, 1.54) is 6.08 Å². The number of hydrogen-bond donors (Lipinski definition) is 1. The van der Waals surface area contributed by atoms with E-state index < -0.39 is 0 Å². The van der Waals surface area contributed by atoms with Gasteiger partial charge in [0.15, 0.2) is 11.5 Å². The van der Waals surface area contributed by atoms with Crippen molar-refractivity contribution in [2.45, 2.75) is 6.42 Å². The predicted molar refractivity (Wildman–Crippen MR) is 43.4 cm³/mol. The number of nitroso groups, excluding NO2 is 1. The number of carbonyl (C=O) groups excluding carboxylic acids is 1. The van der Waals surface area contributed by atoms with Crippen molar-refractivity contribution in [3.05, 3.63) is 40.7 Å². The molecule has 0 radical (unpaired) electrons. The fourth-order valence-electron chi connectivity index (χ4n) is 0.872. The maximum atomic E-state index is 10.5. The zero-order valence-electron chi connectivity index (χ0n) is 6.28. The highest BCUT2D eigenvalue weighted by Gasteiger charge is 2.21. The molecule has 12 heavy (non-hydrogen) atoms. The highest BCUT2D eigenvalue weighted by Crippen LogP contribution is 2.25. The quantitative estimate of drug-likeness (QED) is 0.392. The molecule has 0 bridgehead atoms. The van der Waals surface area contributed by atoms with Crippen LogP contribution in [0.1, 0.15) is 6.42 Å². The fourth-order valence-corrected chi connectivity index (χ4v) is 0.872. The summed E-state index contributed by atoms with van der Waals surface area (Å²) in [6, 6.07) is 0. The van der Waals surface area contributed by atoms with Crippen LogP contribution in [-0.4, -0.2) is 10.9 Å². The molecule has 62 valence electrons. The van der Waals surface area contributed by atoms with Crippen molar-refractivity contribution in [2.75, 3.05) is 0 Å². The summed E-state index contributed by atoms with van der Waals surface area (Å²) in [6.45, 7) is 3.27. The van der Waals surface area contributed by atoms with Crippen LogP contribution in [0.2, 0.25) is 0 Å². The van der Waals surface area contributed by atoms with Crippen LogP contribution < -0.4 is 0 Å². The van der Waals surface area contributed by atoms with Crippen molar-refractivity contribution >= 4 is 5.78 Å². The number of aliphatic hydroxyl groups excluding tert-OH is 1. The Morgan fingerprint density at radius 3 is 2.67 bits per heavy atom. The minimum absolute atomic E-state index is 0.0667. The summed E-state index contributed by atoms with van der Waals surface area (Å²) in [7, 11) is 0. The van der Waals surface area contributed by atoms with E-state index in [0.29, 0.717) is 5.57 Å². The third-order valence-electron chi connectivity index (χ3n) is 1.53. The second kappa shape index (κ2) is 3.13. The SMILES string of the molecule is C=CC(O)=C(N=O)C1=CC(=O)C1. The molecule has 0 aromatic heterocycles. The Hall–Kier alpha value is -1.71. The lowest BCUT2D eigenvalue weighted by molar-refractivity contribution is -0.115. The van der Waals surface area contributed by atoms with Gasteiger partial charge in [-0.1, -0.05) is 6.58 Å². The molecule has 0 heterocycles. The molecule has 4 heteroatoms. The van der Waals surface area contributed by atoms with Crippen LogP contribution in [0.5, 0.6) is 0 Å². The molecule has 0 amide bonds. The maximum Gasteiger partial charge on any atom is 0.160 e. The molecule has 0 aromatic carbocycles. The van der Waals surface area contributed by atoms with Gasteiger partial charge in [-0.3, -0.25) is 4.79 Å². The van der Waals surface area contributed by atoms with Crippen LogP contribution in [0.25, 0.3) is 0 Å². The van der Waals surface area contributed by atoms with Crippen LogP contribution >= 0.6 is 0 Å². The Morgan fingerprint density at radius 2 is 2.33 bits per heavy atom. The monoisotopic (exact) mass is 165 g/mol. The average molecular weight is 165 g/mol. The number of allylic oxidation sites excluding steroid dienone is 3. The summed E-state index contributed by atoms with van der Waals surface area (Å²) in [6.07, 6.45) is 2.55. The molecule has 0 aromatic rings. The van der Waals surface area contributed by atoms with E-state index in [0.717, 1.165) is 6.08 Å². The zero-order valence-corrected chi connectivity index (χ0v) is 6.28. The molecule has 0 atom stereocenters. The Morgan fingerprint density at radius 1 is 1.75 bits per heavy atom. The second-order valence-electron chi connectivity index (χ2n) is 2.34. The van der Waals surface area contributed by atoms with Gasteiger partial charge < -0.3 is 5.11 Å². The lowest BCUT2D eigenvalue weighted by Gasteiger charge is -2.11. The molecular formula is C8H7NO3. The van der Waals surface area contributed by atoms with Crippen molar-refractivity contribution < 1.29 is 9.90 Å².